The van der Waals surface area contributed by atoms with Crippen LogP contribution in [0.15, 0.2) is 65.4 Å². The largest absolute Gasteiger partial charge is 0.467 e. The fourth-order valence-electron chi connectivity index (χ4n) is 2.21. The SMILES string of the molecule is O=C(NCc1ccco1)c1ccnc(Nc2ccc(C(F)(F)F)cc2)c1. The monoisotopic (exact) mass is 361 g/mol. The first-order chi connectivity index (χ1) is 12.4. The summed E-state index contributed by atoms with van der Waals surface area (Å²) in [6, 6.07) is 11.1. The Labute approximate surface area is 146 Å². The van der Waals surface area contributed by atoms with Crippen LogP contribution in [0.4, 0.5) is 24.7 Å². The molecule has 3 rings (SSSR count). The van der Waals surface area contributed by atoms with Crippen molar-refractivity contribution >= 4 is 17.4 Å². The fourth-order valence-corrected chi connectivity index (χ4v) is 2.21. The van der Waals surface area contributed by atoms with Crippen LogP contribution >= 0.6 is 0 Å². The van der Waals surface area contributed by atoms with E-state index < -0.39 is 11.7 Å². The number of pyridine rings is 1. The average molecular weight is 361 g/mol. The molecule has 0 radical (unpaired) electrons. The molecule has 0 aliphatic rings. The van der Waals surface area contributed by atoms with Gasteiger partial charge >= 0.3 is 6.18 Å². The molecule has 0 aliphatic carbocycles. The summed E-state index contributed by atoms with van der Waals surface area (Å²) in [5.41, 5.74) is 0.0571. The molecule has 2 heterocycles. The van der Waals surface area contributed by atoms with Crippen LogP contribution in [0.25, 0.3) is 0 Å². The number of benzene rings is 1. The second kappa shape index (κ2) is 7.30. The number of rotatable bonds is 5. The Hall–Kier alpha value is -3.29. The molecule has 0 atom stereocenters. The Morgan fingerprint density at radius 3 is 2.54 bits per heavy atom. The van der Waals surface area contributed by atoms with Crippen molar-refractivity contribution in [1.82, 2.24) is 10.3 Å². The van der Waals surface area contributed by atoms with Gasteiger partial charge in [0.25, 0.3) is 5.91 Å². The minimum Gasteiger partial charge on any atom is -0.467 e. The maximum Gasteiger partial charge on any atom is 0.416 e. The summed E-state index contributed by atoms with van der Waals surface area (Å²) in [4.78, 5) is 16.2. The van der Waals surface area contributed by atoms with E-state index in [0.29, 0.717) is 22.8 Å². The van der Waals surface area contributed by atoms with Crippen molar-refractivity contribution in [3.05, 3.63) is 77.9 Å². The zero-order chi connectivity index (χ0) is 18.6. The predicted molar refractivity (Wildman–Crippen MR) is 88.8 cm³/mol. The highest BCUT2D eigenvalue weighted by molar-refractivity contribution is 5.94. The molecule has 3 aromatic rings. The molecule has 8 heteroatoms. The van der Waals surface area contributed by atoms with E-state index in [1.54, 1.807) is 12.1 Å². The third-order valence-electron chi connectivity index (χ3n) is 3.51. The van der Waals surface area contributed by atoms with Crippen LogP contribution in [-0.2, 0) is 12.7 Å². The lowest BCUT2D eigenvalue weighted by molar-refractivity contribution is -0.137. The van der Waals surface area contributed by atoms with Gasteiger partial charge in [-0.1, -0.05) is 0 Å². The van der Waals surface area contributed by atoms with Crippen LogP contribution < -0.4 is 10.6 Å². The van der Waals surface area contributed by atoms with Crippen LogP contribution in [-0.4, -0.2) is 10.9 Å². The molecule has 0 saturated carbocycles. The number of furan rings is 1. The Morgan fingerprint density at radius 2 is 1.88 bits per heavy atom. The van der Waals surface area contributed by atoms with Gasteiger partial charge in [-0.2, -0.15) is 13.2 Å². The van der Waals surface area contributed by atoms with Gasteiger partial charge in [-0.05, 0) is 48.5 Å². The molecule has 0 fully saturated rings. The normalized spacial score (nSPS) is 11.2. The zero-order valence-corrected chi connectivity index (χ0v) is 13.4. The number of hydrogen-bond acceptors (Lipinski definition) is 4. The van der Waals surface area contributed by atoms with Crippen molar-refractivity contribution in [1.29, 1.82) is 0 Å². The van der Waals surface area contributed by atoms with Gasteiger partial charge in [0.2, 0.25) is 0 Å². The third-order valence-corrected chi connectivity index (χ3v) is 3.51. The fraction of sp³-hybridized carbons (Fsp3) is 0.111. The Bertz CT molecular complexity index is 875. The molecule has 2 N–H and O–H groups in total. The number of aromatic nitrogens is 1. The van der Waals surface area contributed by atoms with Crippen LogP contribution in [0.2, 0.25) is 0 Å². The molecule has 0 unspecified atom stereocenters. The molecule has 2 aromatic heterocycles. The van der Waals surface area contributed by atoms with Crippen molar-refractivity contribution in [2.75, 3.05) is 5.32 Å². The first kappa shape index (κ1) is 17.5. The molecule has 0 saturated heterocycles. The lowest BCUT2D eigenvalue weighted by atomic mass is 10.2. The number of anilines is 2. The third kappa shape index (κ3) is 4.41. The van der Waals surface area contributed by atoms with Gasteiger partial charge in [0.1, 0.15) is 11.6 Å². The first-order valence-electron chi connectivity index (χ1n) is 7.63. The van der Waals surface area contributed by atoms with Gasteiger partial charge in [0.05, 0.1) is 18.4 Å². The second-order valence-electron chi connectivity index (χ2n) is 5.39. The van der Waals surface area contributed by atoms with Crippen molar-refractivity contribution < 1.29 is 22.4 Å². The highest BCUT2D eigenvalue weighted by atomic mass is 19.4. The van der Waals surface area contributed by atoms with Crippen LogP contribution in [0.1, 0.15) is 21.7 Å². The van der Waals surface area contributed by atoms with Crippen molar-refractivity contribution in [2.45, 2.75) is 12.7 Å². The summed E-state index contributed by atoms with van der Waals surface area (Å²) >= 11 is 0. The van der Waals surface area contributed by atoms with Crippen LogP contribution in [0, 0.1) is 0 Å². The van der Waals surface area contributed by atoms with Gasteiger partial charge in [0, 0.05) is 17.4 Å². The van der Waals surface area contributed by atoms with E-state index in [1.807, 2.05) is 0 Å². The maximum absolute atomic E-state index is 12.6. The topological polar surface area (TPSA) is 67.2 Å². The number of carbonyl (C=O) groups is 1. The van der Waals surface area contributed by atoms with E-state index in [1.165, 1.54) is 36.7 Å². The predicted octanol–water partition coefficient (Wildman–Crippen LogP) is 4.37. The minimum atomic E-state index is -4.39. The van der Waals surface area contributed by atoms with Crippen LogP contribution in [0.5, 0.6) is 0 Å². The van der Waals surface area contributed by atoms with Gasteiger partial charge in [-0.25, -0.2) is 4.98 Å². The molecule has 0 bridgehead atoms. The number of amides is 1. The first-order valence-corrected chi connectivity index (χ1v) is 7.63. The van der Waals surface area contributed by atoms with E-state index in [9.17, 15) is 18.0 Å². The van der Waals surface area contributed by atoms with Crippen molar-refractivity contribution in [3.63, 3.8) is 0 Å². The second-order valence-corrected chi connectivity index (χ2v) is 5.39. The lowest BCUT2D eigenvalue weighted by Gasteiger charge is -2.10. The summed E-state index contributed by atoms with van der Waals surface area (Å²) in [5.74, 6) is 0.644. The number of alkyl halides is 3. The summed E-state index contributed by atoms with van der Waals surface area (Å²) in [6.45, 7) is 0.246. The summed E-state index contributed by atoms with van der Waals surface area (Å²) in [6.07, 6.45) is -1.43. The van der Waals surface area contributed by atoms with E-state index >= 15 is 0 Å². The standard InChI is InChI=1S/C18H14F3N3O2/c19-18(20,21)13-3-5-14(6-4-13)24-16-10-12(7-8-22-16)17(25)23-11-15-2-1-9-26-15/h1-10H,11H2,(H,22,24)(H,23,25). The molecule has 26 heavy (non-hydrogen) atoms. The summed E-state index contributed by atoms with van der Waals surface area (Å²) < 4.78 is 42.9. The smallest absolute Gasteiger partial charge is 0.416 e. The number of carbonyl (C=O) groups excluding carboxylic acids is 1. The van der Waals surface area contributed by atoms with Gasteiger partial charge in [-0.3, -0.25) is 4.79 Å². The van der Waals surface area contributed by atoms with E-state index in [-0.39, 0.29) is 12.5 Å². The molecule has 1 aromatic carbocycles. The van der Waals surface area contributed by atoms with Gasteiger partial charge < -0.3 is 15.1 Å². The van der Waals surface area contributed by atoms with Gasteiger partial charge in [0.15, 0.2) is 0 Å². The van der Waals surface area contributed by atoms with Crippen molar-refractivity contribution in [2.24, 2.45) is 0 Å². The Balaban J connectivity index is 1.66. The summed E-state index contributed by atoms with van der Waals surface area (Å²) in [7, 11) is 0. The zero-order valence-electron chi connectivity index (χ0n) is 13.4. The number of halogens is 3. The van der Waals surface area contributed by atoms with Crippen molar-refractivity contribution in [3.8, 4) is 0 Å². The molecule has 0 aliphatic heterocycles. The number of nitrogens with zero attached hydrogens (tertiary/aromatic N) is 1. The molecule has 134 valence electrons. The molecule has 1 amide bonds. The van der Waals surface area contributed by atoms with E-state index in [0.717, 1.165) is 12.1 Å². The quantitative estimate of drug-likeness (QED) is 0.708. The Morgan fingerprint density at radius 1 is 1.12 bits per heavy atom. The summed E-state index contributed by atoms with van der Waals surface area (Å²) in [5, 5.41) is 5.57. The van der Waals surface area contributed by atoms with Gasteiger partial charge in [-0.15, -0.1) is 0 Å². The molecule has 5 nitrogen and oxygen atoms in total. The highest BCUT2D eigenvalue weighted by Gasteiger charge is 2.29. The van der Waals surface area contributed by atoms with E-state index in [4.69, 9.17) is 4.42 Å². The lowest BCUT2D eigenvalue weighted by Crippen LogP contribution is -2.22. The van der Waals surface area contributed by atoms with E-state index in [2.05, 4.69) is 15.6 Å². The minimum absolute atomic E-state index is 0.246. The molecular formula is C18H14F3N3O2. The number of hydrogen-bond donors (Lipinski definition) is 2. The number of nitrogens with one attached hydrogen (secondary N) is 2. The average Bonchev–Trinajstić information content (AvgIpc) is 3.13. The Kier molecular flexibility index (Phi) is 4.92. The molecular weight excluding hydrogens is 347 g/mol. The molecule has 0 spiro atoms. The van der Waals surface area contributed by atoms with Crippen LogP contribution in [0.3, 0.4) is 0 Å². The highest BCUT2D eigenvalue weighted by Crippen LogP contribution is 2.30. The maximum atomic E-state index is 12.6.